The van der Waals surface area contributed by atoms with Gasteiger partial charge in [0.15, 0.2) is 5.60 Å². The molecule has 2 aromatic rings. The second-order valence-corrected chi connectivity index (χ2v) is 5.04. The summed E-state index contributed by atoms with van der Waals surface area (Å²) in [6, 6.07) is 1.70. The fourth-order valence-electron chi connectivity index (χ4n) is 2.46. The van der Waals surface area contributed by atoms with Crippen LogP contribution in [0.15, 0.2) is 18.5 Å². The summed E-state index contributed by atoms with van der Waals surface area (Å²) >= 11 is 0. The fourth-order valence-corrected chi connectivity index (χ4v) is 2.46. The summed E-state index contributed by atoms with van der Waals surface area (Å²) in [4.78, 5) is 14.0. The van der Waals surface area contributed by atoms with E-state index in [0.29, 0.717) is 22.5 Å². The second kappa shape index (κ2) is 4.52. The summed E-state index contributed by atoms with van der Waals surface area (Å²) in [5.41, 5.74) is -1.51. The van der Waals surface area contributed by atoms with Gasteiger partial charge < -0.3 is 9.64 Å². The Kier molecular flexibility index (Phi) is 3.01. The molecule has 0 saturated carbocycles. The second-order valence-electron chi connectivity index (χ2n) is 5.04. The topological polar surface area (TPSA) is 51.1 Å². The number of methoxy groups -OCH3 is 1. The molecule has 3 heterocycles. The first-order chi connectivity index (χ1) is 9.86. The molecule has 1 fully saturated rings. The minimum absolute atomic E-state index is 0.277. The van der Waals surface area contributed by atoms with E-state index in [1.807, 2.05) is 0 Å². The highest BCUT2D eigenvalue weighted by molar-refractivity contribution is 5.89. The lowest BCUT2D eigenvalue weighted by Crippen LogP contribution is -2.70. The Morgan fingerprint density at radius 1 is 1.29 bits per heavy atom. The molecule has 1 aliphatic heterocycles. The van der Waals surface area contributed by atoms with Gasteiger partial charge >= 0.3 is 6.18 Å². The molecule has 0 amide bonds. The normalized spacial score (nSPS) is 17.9. The van der Waals surface area contributed by atoms with E-state index >= 15 is 0 Å². The van der Waals surface area contributed by atoms with Crippen LogP contribution in [0.1, 0.15) is 5.82 Å². The average molecular weight is 298 g/mol. The zero-order valence-electron chi connectivity index (χ0n) is 11.5. The third-order valence-electron chi connectivity index (χ3n) is 3.69. The number of aromatic nitrogens is 3. The molecule has 0 spiro atoms. The highest BCUT2D eigenvalue weighted by atomic mass is 19.4. The highest BCUT2D eigenvalue weighted by Gasteiger charge is 2.63. The summed E-state index contributed by atoms with van der Waals surface area (Å²) < 4.78 is 43.8. The van der Waals surface area contributed by atoms with Crippen LogP contribution in [0.4, 0.5) is 19.0 Å². The van der Waals surface area contributed by atoms with Gasteiger partial charge in [0.2, 0.25) is 0 Å². The summed E-state index contributed by atoms with van der Waals surface area (Å²) in [6.45, 7) is 1.14. The summed E-state index contributed by atoms with van der Waals surface area (Å²) in [7, 11) is 1.08. The lowest BCUT2D eigenvalue weighted by Gasteiger charge is -2.50. The van der Waals surface area contributed by atoms with Crippen molar-refractivity contribution in [3.8, 4) is 0 Å². The van der Waals surface area contributed by atoms with E-state index in [0.717, 1.165) is 7.11 Å². The predicted octanol–water partition coefficient (Wildman–Crippen LogP) is 2.10. The van der Waals surface area contributed by atoms with Crippen LogP contribution in [-0.2, 0) is 4.74 Å². The molecular weight excluding hydrogens is 285 g/mol. The molecule has 0 unspecified atom stereocenters. The van der Waals surface area contributed by atoms with E-state index < -0.39 is 11.8 Å². The summed E-state index contributed by atoms with van der Waals surface area (Å²) in [5, 5.41) is 0.683. The van der Waals surface area contributed by atoms with Crippen LogP contribution >= 0.6 is 0 Å². The zero-order valence-corrected chi connectivity index (χ0v) is 11.5. The minimum Gasteiger partial charge on any atom is -0.365 e. The average Bonchev–Trinajstić information content (AvgIpc) is 2.36. The van der Waals surface area contributed by atoms with Crippen molar-refractivity contribution in [2.24, 2.45) is 0 Å². The quantitative estimate of drug-likeness (QED) is 0.850. The van der Waals surface area contributed by atoms with Crippen LogP contribution in [0.3, 0.4) is 0 Å². The number of anilines is 1. The first-order valence-corrected chi connectivity index (χ1v) is 6.31. The molecular formula is C13H13F3N4O. The maximum absolute atomic E-state index is 13.0. The van der Waals surface area contributed by atoms with Crippen molar-refractivity contribution in [1.82, 2.24) is 15.0 Å². The van der Waals surface area contributed by atoms with Crippen molar-refractivity contribution >= 4 is 16.7 Å². The van der Waals surface area contributed by atoms with Crippen molar-refractivity contribution in [3.05, 3.63) is 24.3 Å². The number of hydrogen-bond acceptors (Lipinski definition) is 5. The maximum Gasteiger partial charge on any atom is 0.420 e. The Bertz CT molecular complexity index is 683. The smallest absolute Gasteiger partial charge is 0.365 e. The van der Waals surface area contributed by atoms with Gasteiger partial charge in [-0.15, -0.1) is 0 Å². The van der Waals surface area contributed by atoms with E-state index in [4.69, 9.17) is 4.74 Å². The van der Waals surface area contributed by atoms with Gasteiger partial charge in [-0.05, 0) is 13.0 Å². The molecule has 1 saturated heterocycles. The summed E-state index contributed by atoms with van der Waals surface area (Å²) in [5.74, 6) is 0.976. The van der Waals surface area contributed by atoms with Crippen LogP contribution < -0.4 is 4.90 Å². The fraction of sp³-hybridized carbons (Fsp3) is 0.462. The largest absolute Gasteiger partial charge is 0.420 e. The van der Waals surface area contributed by atoms with Gasteiger partial charge in [0.05, 0.1) is 24.8 Å². The van der Waals surface area contributed by atoms with Crippen LogP contribution in [0.5, 0.6) is 0 Å². The molecule has 112 valence electrons. The number of halogens is 3. The third-order valence-corrected chi connectivity index (χ3v) is 3.69. The van der Waals surface area contributed by atoms with Gasteiger partial charge in [0.25, 0.3) is 0 Å². The van der Waals surface area contributed by atoms with Gasteiger partial charge in [0.1, 0.15) is 11.6 Å². The van der Waals surface area contributed by atoms with Crippen molar-refractivity contribution in [2.45, 2.75) is 18.7 Å². The molecule has 0 aliphatic carbocycles. The van der Waals surface area contributed by atoms with Crippen molar-refractivity contribution < 1.29 is 17.9 Å². The molecule has 0 N–H and O–H groups in total. The third kappa shape index (κ3) is 2.10. The van der Waals surface area contributed by atoms with Gasteiger partial charge in [0, 0.05) is 18.7 Å². The molecule has 0 atom stereocenters. The Morgan fingerprint density at radius 2 is 2.00 bits per heavy atom. The molecule has 21 heavy (non-hydrogen) atoms. The molecule has 3 rings (SSSR count). The molecule has 8 heteroatoms. The van der Waals surface area contributed by atoms with E-state index in [-0.39, 0.29) is 13.1 Å². The summed E-state index contributed by atoms with van der Waals surface area (Å²) in [6.07, 6.45) is -1.27. The molecule has 0 radical (unpaired) electrons. The van der Waals surface area contributed by atoms with Crippen LogP contribution in [-0.4, -0.2) is 46.9 Å². The van der Waals surface area contributed by atoms with E-state index in [9.17, 15) is 13.2 Å². The monoisotopic (exact) mass is 298 g/mol. The molecule has 5 nitrogen and oxygen atoms in total. The van der Waals surface area contributed by atoms with Gasteiger partial charge in [-0.2, -0.15) is 13.2 Å². The first-order valence-electron chi connectivity index (χ1n) is 6.31. The number of rotatable bonds is 2. The Hall–Kier alpha value is -1.96. The number of hydrogen-bond donors (Lipinski definition) is 0. The van der Waals surface area contributed by atoms with E-state index in [1.54, 1.807) is 30.3 Å². The zero-order chi connectivity index (χ0) is 15.3. The van der Waals surface area contributed by atoms with Crippen LogP contribution in [0.25, 0.3) is 10.9 Å². The Labute approximate surface area is 118 Å². The molecule has 0 aromatic carbocycles. The lowest BCUT2D eigenvalue weighted by molar-refractivity contribution is -0.277. The SMILES string of the molecule is COC1(C(F)(F)F)CN(c2nc(C)nc3cnccc23)C1. The van der Waals surface area contributed by atoms with Crippen molar-refractivity contribution in [1.29, 1.82) is 0 Å². The van der Waals surface area contributed by atoms with Crippen LogP contribution in [0.2, 0.25) is 0 Å². The number of aryl methyl sites for hydroxylation is 1. The first kappa shape index (κ1) is 14.0. The van der Waals surface area contributed by atoms with Crippen LogP contribution in [0, 0.1) is 6.92 Å². The van der Waals surface area contributed by atoms with Gasteiger partial charge in [-0.1, -0.05) is 0 Å². The molecule has 1 aliphatic rings. The number of pyridine rings is 1. The maximum atomic E-state index is 13.0. The van der Waals surface area contributed by atoms with E-state index in [1.165, 1.54) is 0 Å². The highest BCUT2D eigenvalue weighted by Crippen LogP contribution is 2.43. The predicted molar refractivity (Wildman–Crippen MR) is 70.1 cm³/mol. The lowest BCUT2D eigenvalue weighted by atomic mass is 9.92. The van der Waals surface area contributed by atoms with Gasteiger partial charge in [-0.25, -0.2) is 9.97 Å². The number of ether oxygens (including phenoxy) is 1. The molecule has 2 aromatic heterocycles. The minimum atomic E-state index is -4.41. The Balaban J connectivity index is 1.98. The Morgan fingerprint density at radius 3 is 2.62 bits per heavy atom. The standard InChI is InChI=1S/C13H13F3N4O/c1-8-18-10-5-17-4-3-9(10)11(19-8)20-6-12(7-20,21-2)13(14,15)16/h3-5H,6-7H2,1-2H3. The number of fused-ring (bicyclic) bond motifs is 1. The molecule has 0 bridgehead atoms. The number of nitrogens with zero attached hydrogens (tertiary/aromatic N) is 4. The number of alkyl halides is 3. The van der Waals surface area contributed by atoms with Crippen molar-refractivity contribution in [3.63, 3.8) is 0 Å². The van der Waals surface area contributed by atoms with Crippen molar-refractivity contribution in [2.75, 3.05) is 25.1 Å². The van der Waals surface area contributed by atoms with E-state index in [2.05, 4.69) is 15.0 Å². The van der Waals surface area contributed by atoms with Gasteiger partial charge in [-0.3, -0.25) is 4.98 Å².